The first-order chi connectivity index (χ1) is 17.6. The first kappa shape index (κ1) is 24.7. The van der Waals surface area contributed by atoms with E-state index < -0.39 is 0 Å². The van der Waals surface area contributed by atoms with Gasteiger partial charge in [-0.2, -0.15) is 0 Å². The lowest BCUT2D eigenvalue weighted by atomic mass is 9.98. The number of aromatic nitrogens is 1. The topological polar surface area (TPSA) is 80.3 Å². The average Bonchev–Trinajstić information content (AvgIpc) is 2.93. The lowest BCUT2D eigenvalue weighted by Gasteiger charge is -2.12. The quantitative estimate of drug-likeness (QED) is 0.349. The standard InChI is InChI=1S/C30H29N3O3/c1-36-26-14-10-22(11-15-26)19-29(34)33-21-24-8-12-25(13-9-24)27-6-2-3-7-28(27)30(35)32-18-16-23-5-4-17-31-20-23/h2-15,17,20H,16,18-19,21H2,1H3,(H,32,35)(H,33,34). The average molecular weight is 480 g/mol. The Hall–Kier alpha value is -4.45. The van der Waals surface area contributed by atoms with Crippen LogP contribution in [0.3, 0.4) is 0 Å². The van der Waals surface area contributed by atoms with E-state index in [1.165, 1.54) is 0 Å². The van der Waals surface area contributed by atoms with Gasteiger partial charge in [0.1, 0.15) is 5.75 Å². The molecule has 6 heteroatoms. The zero-order valence-corrected chi connectivity index (χ0v) is 20.2. The molecule has 0 aliphatic heterocycles. The van der Waals surface area contributed by atoms with Crippen LogP contribution in [0.15, 0.2) is 97.3 Å². The number of ether oxygens (including phenoxy) is 1. The molecular formula is C30H29N3O3. The van der Waals surface area contributed by atoms with Gasteiger partial charge >= 0.3 is 0 Å². The van der Waals surface area contributed by atoms with Crippen molar-refractivity contribution in [3.05, 3.63) is 120 Å². The summed E-state index contributed by atoms with van der Waals surface area (Å²) in [6.45, 7) is 0.972. The fraction of sp³-hybridized carbons (Fsp3) is 0.167. The van der Waals surface area contributed by atoms with E-state index >= 15 is 0 Å². The summed E-state index contributed by atoms with van der Waals surface area (Å²) < 4.78 is 5.15. The molecule has 6 nitrogen and oxygen atoms in total. The molecule has 0 unspecified atom stereocenters. The third-order valence-corrected chi connectivity index (χ3v) is 5.87. The van der Waals surface area contributed by atoms with Gasteiger partial charge in [0.05, 0.1) is 13.5 Å². The molecule has 2 amide bonds. The molecule has 0 saturated heterocycles. The minimum atomic E-state index is -0.107. The van der Waals surface area contributed by atoms with Crippen LogP contribution >= 0.6 is 0 Å². The predicted molar refractivity (Wildman–Crippen MR) is 141 cm³/mol. The van der Waals surface area contributed by atoms with Crippen LogP contribution in [0.1, 0.15) is 27.0 Å². The van der Waals surface area contributed by atoms with E-state index in [1.807, 2.05) is 91.1 Å². The molecule has 0 aliphatic rings. The van der Waals surface area contributed by atoms with Crippen LogP contribution in [-0.4, -0.2) is 30.5 Å². The predicted octanol–water partition coefficient (Wildman–Crippen LogP) is 4.59. The van der Waals surface area contributed by atoms with E-state index in [1.54, 1.807) is 13.3 Å². The first-order valence-electron chi connectivity index (χ1n) is 11.9. The molecule has 0 aliphatic carbocycles. The van der Waals surface area contributed by atoms with Gasteiger partial charge in [-0.1, -0.05) is 60.7 Å². The van der Waals surface area contributed by atoms with Gasteiger partial charge < -0.3 is 15.4 Å². The molecule has 36 heavy (non-hydrogen) atoms. The van der Waals surface area contributed by atoms with E-state index in [2.05, 4.69) is 15.6 Å². The van der Waals surface area contributed by atoms with Gasteiger partial charge in [-0.3, -0.25) is 14.6 Å². The lowest BCUT2D eigenvalue weighted by molar-refractivity contribution is -0.120. The molecule has 4 rings (SSSR count). The number of methoxy groups -OCH3 is 1. The van der Waals surface area contributed by atoms with Gasteiger partial charge in [0.25, 0.3) is 5.91 Å². The molecule has 0 bridgehead atoms. The number of pyridine rings is 1. The second kappa shape index (κ2) is 12.3. The maximum absolute atomic E-state index is 12.9. The highest BCUT2D eigenvalue weighted by Gasteiger charge is 2.12. The van der Waals surface area contributed by atoms with E-state index in [0.717, 1.165) is 40.0 Å². The highest BCUT2D eigenvalue weighted by Crippen LogP contribution is 2.24. The maximum Gasteiger partial charge on any atom is 0.251 e. The Balaban J connectivity index is 1.33. The number of amides is 2. The molecular weight excluding hydrogens is 450 g/mol. The van der Waals surface area contributed by atoms with Crippen molar-refractivity contribution in [3.63, 3.8) is 0 Å². The third-order valence-electron chi connectivity index (χ3n) is 5.87. The Morgan fingerprint density at radius 3 is 2.28 bits per heavy atom. The number of nitrogens with one attached hydrogen (secondary N) is 2. The summed E-state index contributed by atoms with van der Waals surface area (Å²) in [6.07, 6.45) is 4.58. The SMILES string of the molecule is COc1ccc(CC(=O)NCc2ccc(-c3ccccc3C(=O)NCCc3cccnc3)cc2)cc1. The van der Waals surface area contributed by atoms with Gasteiger partial charge in [-0.25, -0.2) is 0 Å². The zero-order valence-electron chi connectivity index (χ0n) is 20.2. The number of rotatable bonds is 10. The summed E-state index contributed by atoms with van der Waals surface area (Å²) in [5, 5.41) is 5.97. The summed E-state index contributed by atoms with van der Waals surface area (Å²) >= 11 is 0. The van der Waals surface area contributed by atoms with Crippen molar-refractivity contribution in [1.82, 2.24) is 15.6 Å². The molecule has 4 aromatic rings. The van der Waals surface area contributed by atoms with Crippen LogP contribution in [0.5, 0.6) is 5.75 Å². The third kappa shape index (κ3) is 6.79. The normalized spacial score (nSPS) is 10.5. The highest BCUT2D eigenvalue weighted by atomic mass is 16.5. The van der Waals surface area contributed by atoms with Crippen molar-refractivity contribution >= 4 is 11.8 Å². The highest BCUT2D eigenvalue weighted by molar-refractivity contribution is 6.00. The molecule has 2 N–H and O–H groups in total. The Kier molecular flexibility index (Phi) is 8.44. The molecule has 0 radical (unpaired) electrons. The van der Waals surface area contributed by atoms with Crippen molar-refractivity contribution in [2.24, 2.45) is 0 Å². The number of carbonyl (C=O) groups excluding carboxylic acids is 2. The number of carbonyl (C=O) groups is 2. The van der Waals surface area contributed by atoms with Gasteiger partial charge in [0, 0.05) is 31.0 Å². The monoisotopic (exact) mass is 479 g/mol. The summed E-state index contributed by atoms with van der Waals surface area (Å²) in [5.41, 5.74) is 5.44. The van der Waals surface area contributed by atoms with Crippen LogP contribution in [0, 0.1) is 0 Å². The molecule has 3 aromatic carbocycles. The van der Waals surface area contributed by atoms with Crippen molar-refractivity contribution in [1.29, 1.82) is 0 Å². The fourth-order valence-corrected chi connectivity index (χ4v) is 3.89. The van der Waals surface area contributed by atoms with Crippen molar-refractivity contribution in [2.75, 3.05) is 13.7 Å². The van der Waals surface area contributed by atoms with E-state index in [0.29, 0.717) is 25.1 Å². The smallest absolute Gasteiger partial charge is 0.251 e. The van der Waals surface area contributed by atoms with Crippen molar-refractivity contribution < 1.29 is 14.3 Å². The Labute approximate surface area is 211 Å². The van der Waals surface area contributed by atoms with E-state index in [-0.39, 0.29) is 11.8 Å². The van der Waals surface area contributed by atoms with Gasteiger partial charge in [0.2, 0.25) is 5.91 Å². The summed E-state index contributed by atoms with van der Waals surface area (Å²) in [6, 6.07) is 26.8. The summed E-state index contributed by atoms with van der Waals surface area (Å²) in [5.74, 6) is 0.616. The maximum atomic E-state index is 12.9. The largest absolute Gasteiger partial charge is 0.497 e. The van der Waals surface area contributed by atoms with E-state index in [4.69, 9.17) is 4.74 Å². The Bertz CT molecular complexity index is 1290. The number of hydrogen-bond acceptors (Lipinski definition) is 4. The minimum absolute atomic E-state index is 0.0439. The molecule has 0 fully saturated rings. The van der Waals surface area contributed by atoms with Crippen LogP contribution in [0.4, 0.5) is 0 Å². The second-order valence-corrected chi connectivity index (χ2v) is 8.41. The Morgan fingerprint density at radius 2 is 1.56 bits per heavy atom. The molecule has 0 saturated carbocycles. The molecule has 0 spiro atoms. The second-order valence-electron chi connectivity index (χ2n) is 8.41. The fourth-order valence-electron chi connectivity index (χ4n) is 3.89. The molecule has 0 atom stereocenters. The lowest BCUT2D eigenvalue weighted by Crippen LogP contribution is -2.26. The minimum Gasteiger partial charge on any atom is -0.497 e. The Morgan fingerprint density at radius 1 is 0.806 bits per heavy atom. The molecule has 1 heterocycles. The van der Waals surface area contributed by atoms with Crippen molar-refractivity contribution in [3.8, 4) is 16.9 Å². The molecule has 182 valence electrons. The van der Waals surface area contributed by atoms with Gasteiger partial charge in [-0.05, 0) is 58.5 Å². The van der Waals surface area contributed by atoms with Gasteiger partial charge in [-0.15, -0.1) is 0 Å². The van der Waals surface area contributed by atoms with Crippen LogP contribution in [0.2, 0.25) is 0 Å². The summed E-state index contributed by atoms with van der Waals surface area (Å²) in [4.78, 5) is 29.3. The van der Waals surface area contributed by atoms with Crippen LogP contribution in [-0.2, 0) is 24.2 Å². The number of benzene rings is 3. The van der Waals surface area contributed by atoms with Crippen LogP contribution < -0.4 is 15.4 Å². The molecule has 1 aromatic heterocycles. The van der Waals surface area contributed by atoms with E-state index in [9.17, 15) is 9.59 Å². The number of hydrogen-bond donors (Lipinski definition) is 2. The first-order valence-corrected chi connectivity index (χ1v) is 11.9. The number of nitrogens with zero attached hydrogens (tertiary/aromatic N) is 1. The summed E-state index contributed by atoms with van der Waals surface area (Å²) in [7, 11) is 1.62. The zero-order chi connectivity index (χ0) is 25.2. The van der Waals surface area contributed by atoms with Gasteiger partial charge in [0.15, 0.2) is 0 Å². The van der Waals surface area contributed by atoms with Crippen LogP contribution in [0.25, 0.3) is 11.1 Å². The van der Waals surface area contributed by atoms with Crippen molar-refractivity contribution in [2.45, 2.75) is 19.4 Å².